The molecule has 0 aliphatic heterocycles. The van der Waals surface area contributed by atoms with E-state index in [4.69, 9.17) is 4.74 Å². The molecule has 0 amide bonds. The summed E-state index contributed by atoms with van der Waals surface area (Å²) < 4.78 is 71.4. The number of carbonyl (C=O) groups is 1. The van der Waals surface area contributed by atoms with Crippen molar-refractivity contribution >= 4 is 42.8 Å². The van der Waals surface area contributed by atoms with Crippen LogP contribution in [0.2, 0.25) is 0 Å². The monoisotopic (exact) mass is 503 g/mol. The van der Waals surface area contributed by atoms with Crippen LogP contribution in [-0.4, -0.2) is 25.0 Å². The van der Waals surface area contributed by atoms with Crippen LogP contribution < -0.4 is 5.43 Å². The first-order valence-corrected chi connectivity index (χ1v) is 10.6. The van der Waals surface area contributed by atoms with Gasteiger partial charge >= 0.3 is 12.1 Å². The molecule has 0 unspecified atom stereocenters. The first-order chi connectivity index (χ1) is 14.0. The number of hydrogen-bond acceptors (Lipinski definition) is 5. The van der Waals surface area contributed by atoms with E-state index >= 15 is 0 Å². The lowest BCUT2D eigenvalue weighted by molar-refractivity contribution is -0.137. The summed E-state index contributed by atoms with van der Waals surface area (Å²) in [6, 6.07) is 7.27. The molecule has 30 heavy (non-hydrogen) atoms. The second-order valence-electron chi connectivity index (χ2n) is 6.08. The van der Waals surface area contributed by atoms with Crippen LogP contribution in [0.25, 0.3) is 10.9 Å². The number of fused-ring (bicyclic) bond motifs is 1. The Morgan fingerprint density at radius 1 is 1.17 bits per heavy atom. The molecule has 0 saturated heterocycles. The molecule has 0 fully saturated rings. The minimum absolute atomic E-state index is 0.0603. The van der Waals surface area contributed by atoms with Gasteiger partial charge in [-0.05, 0) is 43.3 Å². The van der Waals surface area contributed by atoms with E-state index in [1.165, 1.54) is 25.1 Å². The third-order valence-electron chi connectivity index (χ3n) is 4.15. The van der Waals surface area contributed by atoms with Crippen LogP contribution in [0.5, 0.6) is 0 Å². The van der Waals surface area contributed by atoms with E-state index in [1.54, 1.807) is 0 Å². The number of alkyl halides is 3. The number of esters is 1. The van der Waals surface area contributed by atoms with Gasteiger partial charge in [-0.1, -0.05) is 22.0 Å². The average Bonchev–Trinajstić information content (AvgIpc) is 2.68. The third-order valence-corrected chi connectivity index (χ3v) is 6.31. The highest BCUT2D eigenvalue weighted by molar-refractivity contribution is 9.10. The van der Waals surface area contributed by atoms with E-state index in [-0.39, 0.29) is 17.5 Å². The fourth-order valence-electron chi connectivity index (χ4n) is 2.77. The zero-order chi connectivity index (χ0) is 22.3. The largest absolute Gasteiger partial charge is 0.462 e. The van der Waals surface area contributed by atoms with Crippen LogP contribution in [0.3, 0.4) is 0 Å². The normalized spacial score (nSPS) is 12.2. The summed E-state index contributed by atoms with van der Waals surface area (Å²) >= 11 is 3.17. The molecule has 6 nitrogen and oxygen atoms in total. The summed E-state index contributed by atoms with van der Waals surface area (Å²) in [6.45, 7) is 1.45. The molecule has 1 aromatic heterocycles. The summed E-state index contributed by atoms with van der Waals surface area (Å²) in [7, 11) is -4.59. The predicted molar refractivity (Wildman–Crippen MR) is 106 cm³/mol. The average molecular weight is 504 g/mol. The highest BCUT2D eigenvalue weighted by Crippen LogP contribution is 2.31. The van der Waals surface area contributed by atoms with Crippen molar-refractivity contribution in [3.8, 4) is 0 Å². The number of halogens is 4. The maximum Gasteiger partial charge on any atom is 0.416 e. The number of rotatable bonds is 4. The Kier molecular flexibility index (Phi) is 5.79. The van der Waals surface area contributed by atoms with Gasteiger partial charge in [0.2, 0.25) is 5.43 Å². The summed E-state index contributed by atoms with van der Waals surface area (Å²) in [6.07, 6.45) is -3.98. The smallest absolute Gasteiger partial charge is 0.416 e. The van der Waals surface area contributed by atoms with E-state index in [2.05, 4.69) is 15.9 Å². The fraction of sp³-hybridized carbons (Fsp3) is 0.158. The van der Waals surface area contributed by atoms with Crippen molar-refractivity contribution in [2.24, 2.45) is 0 Å². The topological polar surface area (TPSA) is 82.4 Å². The van der Waals surface area contributed by atoms with Gasteiger partial charge in [0.25, 0.3) is 10.0 Å². The number of ether oxygens (including phenoxy) is 1. The van der Waals surface area contributed by atoms with E-state index < -0.39 is 43.6 Å². The SMILES string of the molecule is CCOC(=O)c1cn(S(=O)(=O)c2cccc(C(F)(F)F)c2)c2ccc(Br)cc2c1=O. The van der Waals surface area contributed by atoms with E-state index in [1.807, 2.05) is 0 Å². The highest BCUT2D eigenvalue weighted by Gasteiger charge is 2.32. The van der Waals surface area contributed by atoms with Crippen molar-refractivity contribution in [3.05, 3.63) is 74.5 Å². The van der Waals surface area contributed by atoms with Crippen molar-refractivity contribution in [2.45, 2.75) is 18.0 Å². The van der Waals surface area contributed by atoms with Gasteiger partial charge in [0.1, 0.15) is 5.56 Å². The summed E-state index contributed by atoms with van der Waals surface area (Å²) in [5.41, 5.74) is -2.57. The number of benzene rings is 2. The fourth-order valence-corrected chi connectivity index (χ4v) is 4.55. The zero-order valence-corrected chi connectivity index (χ0v) is 17.6. The quantitative estimate of drug-likeness (QED) is 0.498. The molecule has 3 rings (SSSR count). The number of carbonyl (C=O) groups excluding carboxylic acids is 1. The standard InChI is InChI=1S/C19H13BrF3NO5S/c1-2-29-18(26)15-10-24(16-7-6-12(20)9-14(16)17(15)25)30(27,28)13-5-3-4-11(8-13)19(21,22)23/h3-10H,2H2,1H3. The van der Waals surface area contributed by atoms with Crippen molar-refractivity contribution in [1.82, 2.24) is 3.97 Å². The van der Waals surface area contributed by atoms with E-state index in [9.17, 15) is 31.2 Å². The van der Waals surface area contributed by atoms with Gasteiger partial charge in [-0.3, -0.25) is 4.79 Å². The lowest BCUT2D eigenvalue weighted by Gasteiger charge is -2.15. The third kappa shape index (κ3) is 3.99. The predicted octanol–water partition coefficient (Wildman–Crippen LogP) is 4.20. The van der Waals surface area contributed by atoms with Crippen LogP contribution in [0, 0.1) is 0 Å². The molecule has 0 aliphatic rings. The van der Waals surface area contributed by atoms with Crippen LogP contribution in [-0.2, 0) is 20.9 Å². The number of hydrogen-bond donors (Lipinski definition) is 0. The molecule has 158 valence electrons. The van der Waals surface area contributed by atoms with Crippen LogP contribution in [0.4, 0.5) is 13.2 Å². The van der Waals surface area contributed by atoms with Gasteiger partial charge in [-0.15, -0.1) is 0 Å². The Labute approximate surface area is 177 Å². The molecule has 0 atom stereocenters. The summed E-state index contributed by atoms with van der Waals surface area (Å²) in [5, 5.41) is -0.120. The van der Waals surface area contributed by atoms with Crippen molar-refractivity contribution in [3.63, 3.8) is 0 Å². The van der Waals surface area contributed by atoms with Gasteiger partial charge in [0.15, 0.2) is 0 Å². The zero-order valence-electron chi connectivity index (χ0n) is 15.2. The molecule has 0 N–H and O–H groups in total. The van der Waals surface area contributed by atoms with Crippen LogP contribution in [0.1, 0.15) is 22.8 Å². The lowest BCUT2D eigenvalue weighted by Crippen LogP contribution is -2.24. The number of pyridine rings is 1. The molecular formula is C19H13BrF3NO5S. The number of nitrogens with zero attached hydrogens (tertiary/aromatic N) is 1. The summed E-state index contributed by atoms with van der Waals surface area (Å²) in [4.78, 5) is 24.3. The maximum absolute atomic E-state index is 13.2. The Morgan fingerprint density at radius 3 is 2.50 bits per heavy atom. The maximum atomic E-state index is 13.2. The molecule has 0 aliphatic carbocycles. The van der Waals surface area contributed by atoms with E-state index in [0.717, 1.165) is 24.4 Å². The Balaban J connectivity index is 2.36. The molecule has 11 heteroatoms. The molecule has 0 bridgehead atoms. The van der Waals surface area contributed by atoms with Crippen molar-refractivity contribution in [1.29, 1.82) is 0 Å². The van der Waals surface area contributed by atoms with Gasteiger partial charge in [0, 0.05) is 16.1 Å². The first-order valence-electron chi connectivity index (χ1n) is 8.41. The van der Waals surface area contributed by atoms with Gasteiger partial charge in [-0.25, -0.2) is 17.2 Å². The first kappa shape index (κ1) is 22.0. The second kappa shape index (κ2) is 7.88. The van der Waals surface area contributed by atoms with E-state index in [0.29, 0.717) is 14.5 Å². The van der Waals surface area contributed by atoms with Crippen LogP contribution >= 0.6 is 15.9 Å². The van der Waals surface area contributed by atoms with Crippen LogP contribution in [0.15, 0.2) is 62.8 Å². The minimum atomic E-state index is -4.75. The molecule has 1 heterocycles. The molecule has 0 radical (unpaired) electrons. The summed E-state index contributed by atoms with van der Waals surface area (Å²) in [5.74, 6) is -1.04. The minimum Gasteiger partial charge on any atom is -0.462 e. The molecule has 0 saturated carbocycles. The van der Waals surface area contributed by atoms with Gasteiger partial charge in [-0.2, -0.15) is 13.2 Å². The number of aromatic nitrogens is 1. The lowest BCUT2D eigenvalue weighted by atomic mass is 10.1. The van der Waals surface area contributed by atoms with Crippen molar-refractivity contribution in [2.75, 3.05) is 6.61 Å². The van der Waals surface area contributed by atoms with Crippen molar-refractivity contribution < 1.29 is 31.1 Å². The Bertz CT molecular complexity index is 1320. The highest BCUT2D eigenvalue weighted by atomic mass is 79.9. The molecule has 3 aromatic rings. The molecule has 0 spiro atoms. The van der Waals surface area contributed by atoms with Gasteiger partial charge in [0.05, 0.1) is 22.6 Å². The molecule has 2 aromatic carbocycles. The Hall–Kier alpha value is -2.66. The Morgan fingerprint density at radius 2 is 1.87 bits per heavy atom. The molecular weight excluding hydrogens is 491 g/mol. The second-order valence-corrected chi connectivity index (χ2v) is 8.81. The van der Waals surface area contributed by atoms with Gasteiger partial charge < -0.3 is 4.74 Å².